The Morgan fingerprint density at radius 1 is 1.36 bits per heavy atom. The maximum Gasteiger partial charge on any atom is 0.315 e. The number of rotatable bonds is 6. The van der Waals surface area contributed by atoms with Gasteiger partial charge in [0.25, 0.3) is 0 Å². The average Bonchev–Trinajstić information content (AvgIpc) is 3.12. The molecule has 0 aliphatic carbocycles. The number of urea groups is 1. The molecule has 0 bridgehead atoms. The first-order chi connectivity index (χ1) is 10.8. The van der Waals surface area contributed by atoms with Gasteiger partial charge in [0, 0.05) is 37.4 Å². The number of ether oxygens (including phenoxy) is 1. The molecule has 0 spiro atoms. The van der Waals surface area contributed by atoms with E-state index in [1.165, 1.54) is 0 Å². The number of nitrogens with zero attached hydrogens (tertiary/aromatic N) is 3. The van der Waals surface area contributed by atoms with Gasteiger partial charge in [-0.15, -0.1) is 11.3 Å². The number of aromatic nitrogens is 2. The summed E-state index contributed by atoms with van der Waals surface area (Å²) in [5.74, 6) is 0. The Hall–Kier alpha value is -1.64. The number of thiazole rings is 1. The Morgan fingerprint density at radius 3 is 3.05 bits per heavy atom. The van der Waals surface area contributed by atoms with Crippen LogP contribution < -0.4 is 10.6 Å². The molecule has 1 aliphatic heterocycles. The molecule has 7 nitrogen and oxygen atoms in total. The van der Waals surface area contributed by atoms with E-state index < -0.39 is 0 Å². The molecule has 3 rings (SSSR count). The molecular weight excluding hydrogens is 302 g/mol. The summed E-state index contributed by atoms with van der Waals surface area (Å²) in [5, 5.41) is 7.70. The zero-order valence-electron chi connectivity index (χ0n) is 12.5. The van der Waals surface area contributed by atoms with Crippen LogP contribution in [-0.4, -0.2) is 59.7 Å². The van der Waals surface area contributed by atoms with E-state index in [4.69, 9.17) is 4.74 Å². The number of fused-ring (bicyclic) bond motifs is 1. The van der Waals surface area contributed by atoms with E-state index in [0.29, 0.717) is 13.1 Å². The van der Waals surface area contributed by atoms with Crippen molar-refractivity contribution in [3.63, 3.8) is 0 Å². The Bertz CT molecular complexity index is 577. The van der Waals surface area contributed by atoms with E-state index in [-0.39, 0.29) is 6.03 Å². The highest BCUT2D eigenvalue weighted by Gasteiger charge is 2.09. The number of nitrogens with one attached hydrogen (secondary N) is 2. The van der Waals surface area contributed by atoms with E-state index in [1.807, 2.05) is 22.2 Å². The maximum absolute atomic E-state index is 11.7. The highest BCUT2D eigenvalue weighted by Crippen LogP contribution is 2.10. The molecular formula is C14H21N5O2S. The molecule has 120 valence electrons. The van der Waals surface area contributed by atoms with Gasteiger partial charge in [0.2, 0.25) is 0 Å². The summed E-state index contributed by atoms with van der Waals surface area (Å²) in [6.45, 7) is 5.74. The first-order valence-electron chi connectivity index (χ1n) is 7.54. The molecule has 0 atom stereocenters. The van der Waals surface area contributed by atoms with Gasteiger partial charge < -0.3 is 15.4 Å². The van der Waals surface area contributed by atoms with Gasteiger partial charge in [-0.3, -0.25) is 9.30 Å². The quantitative estimate of drug-likeness (QED) is 0.776. The topological polar surface area (TPSA) is 70.9 Å². The van der Waals surface area contributed by atoms with E-state index in [9.17, 15) is 4.79 Å². The molecule has 0 unspecified atom stereocenters. The van der Waals surface area contributed by atoms with Crippen molar-refractivity contribution in [2.24, 2.45) is 0 Å². The lowest BCUT2D eigenvalue weighted by Crippen LogP contribution is -2.39. The van der Waals surface area contributed by atoms with Crippen LogP contribution in [0.3, 0.4) is 0 Å². The molecule has 1 fully saturated rings. The van der Waals surface area contributed by atoms with Crippen molar-refractivity contribution in [2.45, 2.75) is 13.0 Å². The second-order valence-corrected chi connectivity index (χ2v) is 6.12. The summed E-state index contributed by atoms with van der Waals surface area (Å²) in [7, 11) is 0. The van der Waals surface area contributed by atoms with Crippen LogP contribution >= 0.6 is 11.3 Å². The van der Waals surface area contributed by atoms with E-state index in [2.05, 4.69) is 20.5 Å². The second-order valence-electron chi connectivity index (χ2n) is 5.24. The third-order valence-corrected chi connectivity index (χ3v) is 4.38. The fourth-order valence-corrected chi connectivity index (χ4v) is 3.14. The molecule has 2 aromatic rings. The molecule has 0 aromatic carbocycles. The SMILES string of the molecule is O=C(NCCCN1CCOCC1)NCc1cn2ccsc2n1. The number of carbonyl (C=O) groups excluding carboxylic acids is 1. The normalized spacial score (nSPS) is 16.0. The van der Waals surface area contributed by atoms with Crippen molar-refractivity contribution >= 4 is 22.3 Å². The summed E-state index contributed by atoms with van der Waals surface area (Å²) in [5.41, 5.74) is 0.871. The third kappa shape index (κ3) is 4.19. The summed E-state index contributed by atoms with van der Waals surface area (Å²) < 4.78 is 7.27. The first kappa shape index (κ1) is 15.3. The van der Waals surface area contributed by atoms with Crippen molar-refractivity contribution < 1.29 is 9.53 Å². The zero-order chi connectivity index (χ0) is 15.2. The van der Waals surface area contributed by atoms with Gasteiger partial charge in [-0.25, -0.2) is 9.78 Å². The number of morpholine rings is 1. The largest absolute Gasteiger partial charge is 0.379 e. The minimum Gasteiger partial charge on any atom is -0.379 e. The Kier molecular flexibility index (Phi) is 5.25. The standard InChI is InChI=1S/C14H21N5O2S/c20-13(15-2-1-3-18-4-7-21-8-5-18)16-10-12-11-19-6-9-22-14(19)17-12/h6,9,11H,1-5,7-8,10H2,(H2,15,16,20). The minimum atomic E-state index is -0.140. The minimum absolute atomic E-state index is 0.140. The number of amides is 2. The smallest absolute Gasteiger partial charge is 0.315 e. The van der Waals surface area contributed by atoms with E-state index >= 15 is 0 Å². The lowest BCUT2D eigenvalue weighted by Gasteiger charge is -2.26. The van der Waals surface area contributed by atoms with Crippen molar-refractivity contribution in [1.29, 1.82) is 0 Å². The van der Waals surface area contributed by atoms with Gasteiger partial charge in [-0.05, 0) is 13.0 Å². The van der Waals surface area contributed by atoms with Crippen molar-refractivity contribution in [1.82, 2.24) is 24.9 Å². The summed E-state index contributed by atoms with van der Waals surface area (Å²) in [4.78, 5) is 19.5. The molecule has 3 heterocycles. The van der Waals surface area contributed by atoms with Crippen molar-refractivity contribution in [2.75, 3.05) is 39.4 Å². The van der Waals surface area contributed by atoms with Crippen LogP contribution in [0.4, 0.5) is 4.79 Å². The fourth-order valence-electron chi connectivity index (χ4n) is 2.42. The molecule has 1 aliphatic rings. The number of imidazole rings is 1. The molecule has 0 saturated carbocycles. The maximum atomic E-state index is 11.7. The average molecular weight is 323 g/mol. The van der Waals surface area contributed by atoms with Crippen LogP contribution in [0.1, 0.15) is 12.1 Å². The molecule has 22 heavy (non-hydrogen) atoms. The van der Waals surface area contributed by atoms with Crippen LogP contribution in [0.5, 0.6) is 0 Å². The first-order valence-corrected chi connectivity index (χ1v) is 8.42. The number of hydrogen-bond acceptors (Lipinski definition) is 5. The van der Waals surface area contributed by atoms with Crippen molar-refractivity contribution in [3.8, 4) is 0 Å². The van der Waals surface area contributed by atoms with Crippen LogP contribution in [0.25, 0.3) is 4.96 Å². The van der Waals surface area contributed by atoms with E-state index in [1.54, 1.807) is 11.3 Å². The van der Waals surface area contributed by atoms with Gasteiger partial charge >= 0.3 is 6.03 Å². The Balaban J connectivity index is 1.30. The highest BCUT2D eigenvalue weighted by atomic mass is 32.1. The third-order valence-electron chi connectivity index (χ3n) is 3.61. The lowest BCUT2D eigenvalue weighted by atomic mass is 10.3. The number of hydrogen-bond donors (Lipinski definition) is 2. The monoisotopic (exact) mass is 323 g/mol. The predicted molar refractivity (Wildman–Crippen MR) is 85.2 cm³/mol. The zero-order valence-corrected chi connectivity index (χ0v) is 13.3. The van der Waals surface area contributed by atoms with Crippen LogP contribution in [0, 0.1) is 0 Å². The summed E-state index contributed by atoms with van der Waals surface area (Å²) >= 11 is 1.58. The van der Waals surface area contributed by atoms with Crippen molar-refractivity contribution in [3.05, 3.63) is 23.5 Å². The Morgan fingerprint density at radius 2 is 2.23 bits per heavy atom. The van der Waals surface area contributed by atoms with Crippen LogP contribution in [0.15, 0.2) is 17.8 Å². The Labute approximate surface area is 133 Å². The summed E-state index contributed by atoms with van der Waals surface area (Å²) in [6.07, 6.45) is 4.85. The van der Waals surface area contributed by atoms with E-state index in [0.717, 1.165) is 49.9 Å². The predicted octanol–water partition coefficient (Wildman–Crippen LogP) is 0.917. The molecule has 0 radical (unpaired) electrons. The van der Waals surface area contributed by atoms with Crippen LogP contribution in [0.2, 0.25) is 0 Å². The van der Waals surface area contributed by atoms with Crippen LogP contribution in [-0.2, 0) is 11.3 Å². The lowest BCUT2D eigenvalue weighted by molar-refractivity contribution is 0.0375. The second kappa shape index (κ2) is 7.57. The van der Waals surface area contributed by atoms with Gasteiger partial charge in [-0.1, -0.05) is 0 Å². The molecule has 2 N–H and O–H groups in total. The van der Waals surface area contributed by atoms with Gasteiger partial charge in [0.1, 0.15) is 0 Å². The van der Waals surface area contributed by atoms with Gasteiger partial charge in [0.05, 0.1) is 25.5 Å². The number of carbonyl (C=O) groups is 1. The fraction of sp³-hybridized carbons (Fsp3) is 0.571. The molecule has 2 aromatic heterocycles. The summed E-state index contributed by atoms with van der Waals surface area (Å²) in [6, 6.07) is -0.140. The molecule has 1 saturated heterocycles. The molecule has 8 heteroatoms. The van der Waals surface area contributed by atoms with Gasteiger partial charge in [-0.2, -0.15) is 0 Å². The van der Waals surface area contributed by atoms with Gasteiger partial charge in [0.15, 0.2) is 4.96 Å². The highest BCUT2D eigenvalue weighted by molar-refractivity contribution is 7.15. The molecule has 2 amide bonds.